The number of urea groups is 1. The Bertz CT molecular complexity index is 284. The minimum atomic E-state index is -1.10. The van der Waals surface area contributed by atoms with Crippen LogP contribution in [0.25, 0.3) is 0 Å². The molecule has 0 aliphatic heterocycles. The van der Waals surface area contributed by atoms with Gasteiger partial charge in [-0.2, -0.15) is 0 Å². The Labute approximate surface area is 101 Å². The Hall–Kier alpha value is -1.30. The van der Waals surface area contributed by atoms with Crippen LogP contribution in [-0.2, 0) is 9.53 Å². The number of hydrogen-bond donors (Lipinski definition) is 3. The predicted molar refractivity (Wildman–Crippen MR) is 61.8 cm³/mol. The summed E-state index contributed by atoms with van der Waals surface area (Å²) < 4.78 is 4.74. The van der Waals surface area contributed by atoms with Gasteiger partial charge in [0.2, 0.25) is 0 Å². The number of carboxylic acids is 1. The molecule has 2 amide bonds. The van der Waals surface area contributed by atoms with E-state index in [4.69, 9.17) is 9.84 Å². The zero-order valence-electron chi connectivity index (χ0n) is 10.3. The number of rotatable bonds is 6. The fourth-order valence-corrected chi connectivity index (χ4v) is 1.95. The van der Waals surface area contributed by atoms with E-state index < -0.39 is 18.0 Å². The average Bonchev–Trinajstić information content (AvgIpc) is 2.22. The highest BCUT2D eigenvalue weighted by Crippen LogP contribution is 2.34. The smallest absolute Gasteiger partial charge is 0.328 e. The number of carbonyl (C=O) groups excluding carboxylic acids is 1. The van der Waals surface area contributed by atoms with Crippen LogP contribution < -0.4 is 10.6 Å². The van der Waals surface area contributed by atoms with E-state index in [2.05, 4.69) is 10.6 Å². The highest BCUT2D eigenvalue weighted by Gasteiger charge is 2.37. The van der Waals surface area contributed by atoms with Crippen LogP contribution in [0, 0.1) is 0 Å². The first-order valence-electron chi connectivity index (χ1n) is 5.83. The molecule has 98 valence electrons. The molecule has 0 saturated heterocycles. The summed E-state index contributed by atoms with van der Waals surface area (Å²) in [5, 5.41) is 14.1. The van der Waals surface area contributed by atoms with E-state index in [1.54, 1.807) is 0 Å². The number of ether oxygens (including phenoxy) is 1. The number of carboxylic acid groups (broad SMARTS) is 1. The van der Waals surface area contributed by atoms with Gasteiger partial charge in [-0.3, -0.25) is 0 Å². The highest BCUT2D eigenvalue weighted by molar-refractivity contribution is 5.83. The third kappa shape index (κ3) is 3.59. The van der Waals surface area contributed by atoms with E-state index in [1.165, 1.54) is 7.11 Å². The predicted octanol–water partition coefficient (Wildman–Crippen LogP) is 0.718. The van der Waals surface area contributed by atoms with Crippen molar-refractivity contribution in [1.82, 2.24) is 10.6 Å². The first-order chi connectivity index (χ1) is 8.03. The molecule has 6 heteroatoms. The van der Waals surface area contributed by atoms with Crippen molar-refractivity contribution in [2.24, 2.45) is 0 Å². The topological polar surface area (TPSA) is 87.7 Å². The van der Waals surface area contributed by atoms with Crippen LogP contribution >= 0.6 is 0 Å². The number of carbonyl (C=O) groups is 2. The average molecular weight is 244 g/mol. The van der Waals surface area contributed by atoms with Gasteiger partial charge in [0.1, 0.15) is 0 Å². The van der Waals surface area contributed by atoms with Crippen molar-refractivity contribution in [3.05, 3.63) is 0 Å². The molecule has 1 saturated carbocycles. The summed E-state index contributed by atoms with van der Waals surface area (Å²) in [6, 6.07) is -1.44. The number of methoxy groups -OCH3 is 1. The lowest BCUT2D eigenvalue weighted by molar-refractivity contribution is -0.140. The van der Waals surface area contributed by atoms with Crippen LogP contribution in [-0.4, -0.2) is 42.4 Å². The van der Waals surface area contributed by atoms with Crippen LogP contribution in [0.3, 0.4) is 0 Å². The second-order valence-electron chi connectivity index (χ2n) is 4.43. The second-order valence-corrected chi connectivity index (χ2v) is 4.43. The lowest BCUT2D eigenvalue weighted by Gasteiger charge is -2.42. The van der Waals surface area contributed by atoms with Crippen molar-refractivity contribution in [3.63, 3.8) is 0 Å². The van der Waals surface area contributed by atoms with E-state index in [9.17, 15) is 9.59 Å². The van der Waals surface area contributed by atoms with Gasteiger partial charge in [0, 0.05) is 12.6 Å². The third-order valence-electron chi connectivity index (χ3n) is 3.30. The minimum absolute atomic E-state index is 0.0398. The molecule has 0 heterocycles. The molecule has 1 aliphatic rings. The maximum absolute atomic E-state index is 11.7. The summed E-state index contributed by atoms with van der Waals surface area (Å²) in [6.45, 7) is 1.98. The molecule has 0 aromatic carbocycles. The molecule has 0 radical (unpaired) electrons. The summed E-state index contributed by atoms with van der Waals surface area (Å²) in [4.78, 5) is 22.5. The van der Waals surface area contributed by atoms with Gasteiger partial charge in [-0.25, -0.2) is 9.59 Å². The van der Waals surface area contributed by atoms with Crippen LogP contribution in [0.15, 0.2) is 0 Å². The molecule has 1 rings (SSSR count). The summed E-state index contributed by atoms with van der Waals surface area (Å²) in [7, 11) is 1.40. The van der Waals surface area contributed by atoms with Gasteiger partial charge in [0.15, 0.2) is 6.04 Å². The molecule has 6 nitrogen and oxygen atoms in total. The van der Waals surface area contributed by atoms with E-state index >= 15 is 0 Å². The van der Waals surface area contributed by atoms with Gasteiger partial charge in [-0.05, 0) is 25.7 Å². The normalized spacial score (nSPS) is 18.9. The van der Waals surface area contributed by atoms with Crippen molar-refractivity contribution < 1.29 is 19.4 Å². The van der Waals surface area contributed by atoms with Crippen LogP contribution in [0.4, 0.5) is 4.79 Å². The summed E-state index contributed by atoms with van der Waals surface area (Å²) in [5.41, 5.74) is -0.139. The van der Waals surface area contributed by atoms with Crippen molar-refractivity contribution in [2.45, 2.75) is 44.2 Å². The third-order valence-corrected chi connectivity index (χ3v) is 3.30. The van der Waals surface area contributed by atoms with Crippen molar-refractivity contribution in [1.29, 1.82) is 0 Å². The van der Waals surface area contributed by atoms with Gasteiger partial charge >= 0.3 is 12.0 Å². The highest BCUT2D eigenvalue weighted by atomic mass is 16.5. The maximum atomic E-state index is 11.7. The Balaban J connectivity index is 2.44. The quantitative estimate of drug-likeness (QED) is 0.642. The molecule has 0 spiro atoms. The monoisotopic (exact) mass is 244 g/mol. The van der Waals surface area contributed by atoms with E-state index in [1.807, 2.05) is 6.92 Å². The fraction of sp³-hybridized carbons (Fsp3) is 0.818. The van der Waals surface area contributed by atoms with Gasteiger partial charge in [0.05, 0.1) is 6.61 Å². The van der Waals surface area contributed by atoms with Crippen LogP contribution in [0.5, 0.6) is 0 Å². The molecule has 17 heavy (non-hydrogen) atoms. The molecular formula is C11H20N2O4. The first kappa shape index (κ1) is 13.8. The zero-order chi connectivity index (χ0) is 12.9. The molecular weight excluding hydrogens is 224 g/mol. The van der Waals surface area contributed by atoms with E-state index in [-0.39, 0.29) is 12.1 Å². The SMILES string of the molecule is CCC1(NC(=O)NC(COC)C(=O)O)CCC1. The molecule has 1 unspecified atom stereocenters. The summed E-state index contributed by atoms with van der Waals surface area (Å²) in [5.74, 6) is -1.10. The van der Waals surface area contributed by atoms with Gasteiger partial charge in [0.25, 0.3) is 0 Å². The second kappa shape index (κ2) is 5.86. The molecule has 1 fully saturated rings. The number of amides is 2. The largest absolute Gasteiger partial charge is 0.480 e. The van der Waals surface area contributed by atoms with Gasteiger partial charge < -0.3 is 20.5 Å². The maximum Gasteiger partial charge on any atom is 0.328 e. The molecule has 3 N–H and O–H groups in total. The Morgan fingerprint density at radius 2 is 2.12 bits per heavy atom. The first-order valence-corrected chi connectivity index (χ1v) is 5.83. The van der Waals surface area contributed by atoms with E-state index in [0.29, 0.717) is 0 Å². The van der Waals surface area contributed by atoms with Crippen molar-refractivity contribution in [3.8, 4) is 0 Å². The standard InChI is InChI=1S/C11H20N2O4/c1-3-11(5-4-6-11)13-10(16)12-8(7-17-2)9(14)15/h8H,3-7H2,1-2H3,(H,14,15)(H2,12,13,16). The lowest BCUT2D eigenvalue weighted by Crippen LogP contribution is -2.58. The number of hydrogen-bond acceptors (Lipinski definition) is 3. The van der Waals surface area contributed by atoms with E-state index in [0.717, 1.165) is 25.7 Å². The molecule has 0 bridgehead atoms. The minimum Gasteiger partial charge on any atom is -0.480 e. The zero-order valence-corrected chi connectivity index (χ0v) is 10.3. The van der Waals surface area contributed by atoms with Crippen molar-refractivity contribution in [2.75, 3.05) is 13.7 Å². The van der Waals surface area contributed by atoms with Crippen molar-refractivity contribution >= 4 is 12.0 Å². The molecule has 1 aliphatic carbocycles. The lowest BCUT2D eigenvalue weighted by atomic mass is 9.75. The van der Waals surface area contributed by atoms with Gasteiger partial charge in [-0.15, -0.1) is 0 Å². The molecule has 0 aromatic heterocycles. The fourth-order valence-electron chi connectivity index (χ4n) is 1.95. The van der Waals surface area contributed by atoms with Crippen LogP contribution in [0.1, 0.15) is 32.6 Å². The number of nitrogens with one attached hydrogen (secondary N) is 2. The summed E-state index contributed by atoms with van der Waals surface area (Å²) in [6.07, 6.45) is 3.88. The Morgan fingerprint density at radius 1 is 1.47 bits per heavy atom. The molecule has 0 aromatic rings. The number of aliphatic carboxylic acids is 1. The summed E-state index contributed by atoms with van der Waals surface area (Å²) >= 11 is 0. The van der Waals surface area contributed by atoms with Gasteiger partial charge in [-0.1, -0.05) is 6.92 Å². The molecule has 1 atom stereocenters. The Morgan fingerprint density at radius 3 is 2.47 bits per heavy atom. The van der Waals surface area contributed by atoms with Crippen LogP contribution in [0.2, 0.25) is 0 Å². The Kier molecular flexibility index (Phi) is 4.74.